The van der Waals surface area contributed by atoms with Crippen molar-refractivity contribution in [2.75, 3.05) is 0 Å². The Hall–Kier alpha value is -2.49. The molecule has 1 N–H and O–H groups in total. The lowest BCUT2D eigenvalue weighted by Crippen LogP contribution is -2.35. The van der Waals surface area contributed by atoms with Crippen LogP contribution >= 0.6 is 34.9 Å². The van der Waals surface area contributed by atoms with E-state index in [9.17, 15) is 4.79 Å². The van der Waals surface area contributed by atoms with Crippen LogP contribution in [-0.4, -0.2) is 25.6 Å². The van der Waals surface area contributed by atoms with Crippen molar-refractivity contribution in [3.63, 3.8) is 0 Å². The lowest BCUT2D eigenvalue weighted by molar-refractivity contribution is -0.135. The van der Waals surface area contributed by atoms with Crippen LogP contribution in [0.25, 0.3) is 10.7 Å². The SMILES string of the molecule is Cc1ccc(CN(Cc2ccco2)C(=O)C(C)n2c(-c3cccs3)n[nH]c2=S)s1. The number of H-pyrrole nitrogens is 1. The van der Waals surface area contributed by atoms with Crippen molar-refractivity contribution in [2.45, 2.75) is 33.0 Å². The Morgan fingerprint density at radius 1 is 1.31 bits per heavy atom. The van der Waals surface area contributed by atoms with Crippen molar-refractivity contribution < 1.29 is 9.21 Å². The first-order chi connectivity index (χ1) is 14.0. The number of aromatic nitrogens is 3. The number of aryl methyl sites for hydroxylation is 1. The standard InChI is InChI=1S/C20H20N4O2S3/c1-13-7-8-16(29-13)12-23(11-15-5-3-9-26-15)19(25)14(2)24-18(21-22-20(24)27)17-6-4-10-28-17/h3-10,14H,11-12H2,1-2H3,(H,22,27). The molecule has 4 aromatic heterocycles. The van der Waals surface area contributed by atoms with Gasteiger partial charge in [0.2, 0.25) is 5.91 Å². The molecule has 6 nitrogen and oxygen atoms in total. The van der Waals surface area contributed by atoms with E-state index in [4.69, 9.17) is 16.6 Å². The van der Waals surface area contributed by atoms with Gasteiger partial charge < -0.3 is 9.32 Å². The Balaban J connectivity index is 1.65. The topological polar surface area (TPSA) is 67.1 Å². The van der Waals surface area contributed by atoms with E-state index in [0.717, 1.165) is 15.5 Å². The number of rotatable bonds is 7. The predicted molar refractivity (Wildman–Crippen MR) is 117 cm³/mol. The lowest BCUT2D eigenvalue weighted by Gasteiger charge is -2.25. The average molecular weight is 445 g/mol. The second-order valence-electron chi connectivity index (χ2n) is 6.66. The molecule has 4 aromatic rings. The quantitative estimate of drug-likeness (QED) is 0.386. The van der Waals surface area contributed by atoms with Crippen molar-refractivity contribution in [2.24, 2.45) is 0 Å². The first-order valence-electron chi connectivity index (χ1n) is 9.10. The first kappa shape index (κ1) is 19.8. The molecule has 4 rings (SSSR count). The summed E-state index contributed by atoms with van der Waals surface area (Å²) in [6.07, 6.45) is 1.62. The molecule has 0 spiro atoms. The Bertz CT molecular complexity index is 1140. The molecule has 0 radical (unpaired) electrons. The highest BCUT2D eigenvalue weighted by atomic mass is 32.1. The van der Waals surface area contributed by atoms with Gasteiger partial charge in [-0.1, -0.05) is 6.07 Å². The van der Waals surface area contributed by atoms with E-state index in [0.29, 0.717) is 23.7 Å². The summed E-state index contributed by atoms with van der Waals surface area (Å²) in [5, 5.41) is 9.17. The van der Waals surface area contributed by atoms with Gasteiger partial charge in [0.1, 0.15) is 11.8 Å². The summed E-state index contributed by atoms with van der Waals surface area (Å²) in [5.74, 6) is 1.38. The van der Waals surface area contributed by atoms with Crippen LogP contribution < -0.4 is 0 Å². The number of thiophene rings is 2. The number of carbonyl (C=O) groups excluding carboxylic acids is 1. The smallest absolute Gasteiger partial charge is 0.246 e. The highest BCUT2D eigenvalue weighted by Crippen LogP contribution is 2.27. The molecule has 0 aliphatic rings. The van der Waals surface area contributed by atoms with Crippen LogP contribution in [0.1, 0.15) is 28.5 Å². The maximum absolute atomic E-state index is 13.5. The third-order valence-corrected chi connectivity index (χ3v) is 6.71. The largest absolute Gasteiger partial charge is 0.467 e. The van der Waals surface area contributed by atoms with Gasteiger partial charge in [-0.25, -0.2) is 0 Å². The molecule has 1 atom stereocenters. The Morgan fingerprint density at radius 3 is 2.83 bits per heavy atom. The van der Waals surface area contributed by atoms with E-state index < -0.39 is 6.04 Å². The molecular weight excluding hydrogens is 424 g/mol. The lowest BCUT2D eigenvalue weighted by atomic mass is 10.2. The number of nitrogens with one attached hydrogen (secondary N) is 1. The molecule has 0 aromatic carbocycles. The molecule has 0 aliphatic carbocycles. The predicted octanol–water partition coefficient (Wildman–Crippen LogP) is 5.42. The van der Waals surface area contributed by atoms with Gasteiger partial charge in [-0.2, -0.15) is 5.10 Å². The van der Waals surface area contributed by atoms with Crippen molar-refractivity contribution in [3.8, 4) is 10.7 Å². The van der Waals surface area contributed by atoms with E-state index in [1.807, 2.05) is 41.5 Å². The van der Waals surface area contributed by atoms with Crippen LogP contribution in [0, 0.1) is 11.7 Å². The molecule has 1 amide bonds. The number of amides is 1. The maximum atomic E-state index is 13.5. The van der Waals surface area contributed by atoms with E-state index in [2.05, 4.69) is 29.3 Å². The molecule has 0 fully saturated rings. The second-order valence-corrected chi connectivity index (χ2v) is 9.37. The van der Waals surface area contributed by atoms with E-state index in [1.165, 1.54) is 4.88 Å². The first-order valence-corrected chi connectivity index (χ1v) is 11.2. The minimum Gasteiger partial charge on any atom is -0.467 e. The Kier molecular flexibility index (Phi) is 5.79. The maximum Gasteiger partial charge on any atom is 0.246 e. The molecule has 150 valence electrons. The highest BCUT2D eigenvalue weighted by molar-refractivity contribution is 7.71. The van der Waals surface area contributed by atoms with E-state index in [-0.39, 0.29) is 5.91 Å². The zero-order chi connectivity index (χ0) is 20.4. The summed E-state index contributed by atoms with van der Waals surface area (Å²) in [6, 6.07) is 11.3. The summed E-state index contributed by atoms with van der Waals surface area (Å²) in [4.78, 5) is 18.7. The van der Waals surface area contributed by atoms with Gasteiger partial charge in [-0.3, -0.25) is 14.5 Å². The van der Waals surface area contributed by atoms with Crippen LogP contribution in [0.2, 0.25) is 0 Å². The normalized spacial score (nSPS) is 12.2. The number of nitrogens with zero attached hydrogens (tertiary/aromatic N) is 3. The molecule has 29 heavy (non-hydrogen) atoms. The van der Waals surface area contributed by atoms with Crippen LogP contribution in [0.3, 0.4) is 0 Å². The van der Waals surface area contributed by atoms with Crippen LogP contribution in [0.4, 0.5) is 0 Å². The summed E-state index contributed by atoms with van der Waals surface area (Å²) in [5.41, 5.74) is 0. The molecule has 0 bridgehead atoms. The summed E-state index contributed by atoms with van der Waals surface area (Å²) in [7, 11) is 0. The molecule has 0 saturated carbocycles. The van der Waals surface area contributed by atoms with Crippen LogP contribution in [-0.2, 0) is 17.9 Å². The monoisotopic (exact) mass is 444 g/mol. The second kappa shape index (κ2) is 8.48. The minimum absolute atomic E-state index is 0.0391. The van der Waals surface area contributed by atoms with Gasteiger partial charge in [-0.05, 0) is 61.8 Å². The Morgan fingerprint density at radius 2 is 2.17 bits per heavy atom. The minimum atomic E-state index is -0.505. The van der Waals surface area contributed by atoms with Gasteiger partial charge in [0.15, 0.2) is 10.6 Å². The number of carbonyl (C=O) groups is 1. The molecule has 1 unspecified atom stereocenters. The third kappa shape index (κ3) is 4.26. The molecular formula is C20H20N4O2S3. The molecule has 9 heteroatoms. The fraction of sp³-hybridized carbons (Fsp3) is 0.250. The fourth-order valence-corrected chi connectivity index (χ4v) is 5.09. The number of hydrogen-bond donors (Lipinski definition) is 1. The van der Waals surface area contributed by atoms with Crippen LogP contribution in [0.5, 0.6) is 0 Å². The zero-order valence-electron chi connectivity index (χ0n) is 16.0. The fourth-order valence-electron chi connectivity index (χ4n) is 3.18. The summed E-state index contributed by atoms with van der Waals surface area (Å²) in [6.45, 7) is 4.83. The van der Waals surface area contributed by atoms with Crippen molar-refractivity contribution in [1.29, 1.82) is 0 Å². The molecule has 0 saturated heterocycles. The summed E-state index contributed by atoms with van der Waals surface area (Å²) >= 11 is 8.69. The third-order valence-electron chi connectivity index (χ3n) is 4.57. The Labute approximate surface area is 181 Å². The van der Waals surface area contributed by atoms with Crippen molar-refractivity contribution in [1.82, 2.24) is 19.7 Å². The summed E-state index contributed by atoms with van der Waals surface area (Å²) < 4.78 is 7.72. The van der Waals surface area contributed by atoms with Crippen LogP contribution in [0.15, 0.2) is 52.5 Å². The van der Waals surface area contributed by atoms with Crippen molar-refractivity contribution in [3.05, 3.63) is 68.3 Å². The van der Waals surface area contributed by atoms with Gasteiger partial charge in [-0.15, -0.1) is 22.7 Å². The van der Waals surface area contributed by atoms with E-state index in [1.54, 1.807) is 33.5 Å². The van der Waals surface area contributed by atoms with E-state index >= 15 is 0 Å². The zero-order valence-corrected chi connectivity index (χ0v) is 18.4. The number of hydrogen-bond acceptors (Lipinski definition) is 6. The van der Waals surface area contributed by atoms with Gasteiger partial charge in [0, 0.05) is 9.75 Å². The average Bonchev–Trinajstić information content (AvgIpc) is 3.48. The van der Waals surface area contributed by atoms with Crippen molar-refractivity contribution >= 4 is 40.8 Å². The number of aromatic amines is 1. The van der Waals surface area contributed by atoms with Gasteiger partial charge >= 0.3 is 0 Å². The molecule has 0 aliphatic heterocycles. The highest BCUT2D eigenvalue weighted by Gasteiger charge is 2.27. The van der Waals surface area contributed by atoms with Gasteiger partial charge in [0.05, 0.1) is 24.2 Å². The molecule has 4 heterocycles. The number of furan rings is 1. The van der Waals surface area contributed by atoms with Gasteiger partial charge in [0.25, 0.3) is 0 Å².